The van der Waals surface area contributed by atoms with Gasteiger partial charge in [-0.2, -0.15) is 4.98 Å². The van der Waals surface area contributed by atoms with Gasteiger partial charge in [-0.15, -0.1) is 0 Å². The first-order chi connectivity index (χ1) is 15.9. The van der Waals surface area contributed by atoms with Gasteiger partial charge in [-0.25, -0.2) is 9.37 Å². The average Bonchev–Trinajstić information content (AvgIpc) is 2.82. The van der Waals surface area contributed by atoms with Crippen LogP contribution in [0.15, 0.2) is 54.7 Å². The van der Waals surface area contributed by atoms with E-state index in [2.05, 4.69) is 32.5 Å². The summed E-state index contributed by atoms with van der Waals surface area (Å²) < 4.78 is 13.5. The van der Waals surface area contributed by atoms with Crippen LogP contribution in [0.5, 0.6) is 0 Å². The van der Waals surface area contributed by atoms with Gasteiger partial charge in [-0.1, -0.05) is 0 Å². The molecule has 7 nitrogen and oxygen atoms in total. The standard InChI is InChI=1S/C25H29FN6O/c1-17-16-20(8-9-22(17)26)28-23-10-13-27-25(30-23)29-19-6-4-18(5-7-19)24(33)32(3)21-11-14-31(2)15-12-21/h4-10,13,16,21H,11-12,14-15H2,1-3H3,(H2,27,28,29,30). The number of aromatic nitrogens is 2. The zero-order valence-electron chi connectivity index (χ0n) is 19.2. The molecule has 0 radical (unpaired) electrons. The second-order valence-electron chi connectivity index (χ2n) is 8.51. The number of nitrogens with one attached hydrogen (secondary N) is 2. The predicted octanol–water partition coefficient (Wildman–Crippen LogP) is 4.58. The van der Waals surface area contributed by atoms with Gasteiger partial charge in [0, 0.05) is 36.2 Å². The smallest absolute Gasteiger partial charge is 0.253 e. The third-order valence-corrected chi connectivity index (χ3v) is 6.03. The van der Waals surface area contributed by atoms with E-state index in [4.69, 9.17) is 0 Å². The molecule has 2 N–H and O–H groups in total. The molecule has 1 fully saturated rings. The second kappa shape index (κ2) is 9.95. The quantitative estimate of drug-likeness (QED) is 0.575. The van der Waals surface area contributed by atoms with Gasteiger partial charge < -0.3 is 20.4 Å². The van der Waals surface area contributed by atoms with Crippen molar-refractivity contribution < 1.29 is 9.18 Å². The molecule has 0 saturated carbocycles. The van der Waals surface area contributed by atoms with Crippen LogP contribution < -0.4 is 10.6 Å². The Morgan fingerprint density at radius 2 is 1.76 bits per heavy atom. The number of halogens is 1. The molecule has 1 aliphatic heterocycles. The molecule has 0 atom stereocenters. The topological polar surface area (TPSA) is 73.4 Å². The van der Waals surface area contributed by atoms with E-state index in [1.54, 1.807) is 31.3 Å². The van der Waals surface area contributed by atoms with Crippen LogP contribution in [0.1, 0.15) is 28.8 Å². The molecule has 3 aromatic rings. The van der Waals surface area contributed by atoms with Crippen LogP contribution in [-0.4, -0.2) is 58.9 Å². The van der Waals surface area contributed by atoms with Crippen molar-refractivity contribution in [3.05, 3.63) is 71.7 Å². The summed E-state index contributed by atoms with van der Waals surface area (Å²) in [5.41, 5.74) is 2.74. The van der Waals surface area contributed by atoms with Crippen LogP contribution >= 0.6 is 0 Å². The lowest BCUT2D eigenvalue weighted by molar-refractivity contribution is 0.0659. The third-order valence-electron chi connectivity index (χ3n) is 6.03. The van der Waals surface area contributed by atoms with Gasteiger partial charge in [0.05, 0.1) is 0 Å². The Hall–Kier alpha value is -3.52. The first-order valence-corrected chi connectivity index (χ1v) is 11.1. The van der Waals surface area contributed by atoms with Gasteiger partial charge in [-0.3, -0.25) is 4.79 Å². The van der Waals surface area contributed by atoms with E-state index < -0.39 is 0 Å². The molecule has 4 rings (SSSR count). The maximum Gasteiger partial charge on any atom is 0.253 e. The maximum atomic E-state index is 13.5. The van der Waals surface area contributed by atoms with Gasteiger partial charge in [-0.05, 0) is 94.0 Å². The molecule has 0 unspecified atom stereocenters. The number of rotatable bonds is 6. The zero-order chi connectivity index (χ0) is 23.4. The zero-order valence-corrected chi connectivity index (χ0v) is 19.2. The lowest BCUT2D eigenvalue weighted by Crippen LogP contribution is -2.44. The molecular weight excluding hydrogens is 419 g/mol. The predicted molar refractivity (Wildman–Crippen MR) is 129 cm³/mol. The summed E-state index contributed by atoms with van der Waals surface area (Å²) in [5, 5.41) is 6.32. The number of piperidine rings is 1. The Kier molecular flexibility index (Phi) is 6.84. The number of hydrogen-bond acceptors (Lipinski definition) is 6. The van der Waals surface area contributed by atoms with Crippen molar-refractivity contribution in [1.82, 2.24) is 19.8 Å². The van der Waals surface area contributed by atoms with E-state index in [0.717, 1.165) is 37.3 Å². The lowest BCUT2D eigenvalue weighted by atomic mass is 10.0. The molecule has 1 aliphatic rings. The Bertz CT molecular complexity index is 1110. The maximum absolute atomic E-state index is 13.5. The fourth-order valence-electron chi connectivity index (χ4n) is 3.94. The molecule has 1 saturated heterocycles. The summed E-state index contributed by atoms with van der Waals surface area (Å²) in [6, 6.07) is 14.2. The molecule has 1 aromatic heterocycles. The largest absolute Gasteiger partial charge is 0.340 e. The summed E-state index contributed by atoms with van der Waals surface area (Å²) in [7, 11) is 4.00. The molecule has 2 heterocycles. The van der Waals surface area contributed by atoms with Crippen molar-refractivity contribution in [2.24, 2.45) is 0 Å². The number of aryl methyl sites for hydroxylation is 1. The highest BCUT2D eigenvalue weighted by atomic mass is 19.1. The van der Waals surface area contributed by atoms with E-state index in [0.29, 0.717) is 22.9 Å². The van der Waals surface area contributed by atoms with Crippen LogP contribution in [0.25, 0.3) is 0 Å². The van der Waals surface area contributed by atoms with Crippen molar-refractivity contribution in [1.29, 1.82) is 0 Å². The van der Waals surface area contributed by atoms with Gasteiger partial charge in [0.2, 0.25) is 5.95 Å². The SMILES string of the molecule is Cc1cc(Nc2ccnc(Nc3ccc(C(=O)N(C)C4CCN(C)CC4)cc3)n2)ccc1F. The number of likely N-dealkylation sites (tertiary alicyclic amines) is 1. The summed E-state index contributed by atoms with van der Waals surface area (Å²) in [6.07, 6.45) is 3.64. The van der Waals surface area contributed by atoms with Crippen molar-refractivity contribution in [2.45, 2.75) is 25.8 Å². The average molecular weight is 449 g/mol. The summed E-state index contributed by atoms with van der Waals surface area (Å²) >= 11 is 0. The fourth-order valence-corrected chi connectivity index (χ4v) is 3.94. The Labute approximate surface area is 193 Å². The van der Waals surface area contributed by atoms with Crippen LogP contribution in [0.4, 0.5) is 27.5 Å². The monoisotopic (exact) mass is 448 g/mol. The van der Waals surface area contributed by atoms with E-state index in [1.807, 2.05) is 36.2 Å². The number of nitrogens with zero attached hydrogens (tertiary/aromatic N) is 4. The first kappa shape index (κ1) is 22.7. The molecular formula is C25H29FN6O. The molecule has 172 valence electrons. The Morgan fingerprint density at radius 1 is 1.06 bits per heavy atom. The van der Waals surface area contributed by atoms with Crippen LogP contribution in [0.3, 0.4) is 0 Å². The van der Waals surface area contributed by atoms with Crippen LogP contribution in [0.2, 0.25) is 0 Å². The molecule has 0 spiro atoms. The highest BCUT2D eigenvalue weighted by Gasteiger charge is 2.24. The molecule has 0 bridgehead atoms. The number of amides is 1. The van der Waals surface area contributed by atoms with Gasteiger partial charge in [0.1, 0.15) is 11.6 Å². The van der Waals surface area contributed by atoms with Crippen molar-refractivity contribution >= 4 is 29.0 Å². The molecule has 2 aromatic carbocycles. The van der Waals surface area contributed by atoms with Gasteiger partial charge in [0.15, 0.2) is 0 Å². The van der Waals surface area contributed by atoms with E-state index >= 15 is 0 Å². The van der Waals surface area contributed by atoms with Crippen LogP contribution in [0, 0.1) is 12.7 Å². The minimum Gasteiger partial charge on any atom is -0.340 e. The highest BCUT2D eigenvalue weighted by Crippen LogP contribution is 2.21. The minimum atomic E-state index is -0.245. The van der Waals surface area contributed by atoms with Crippen molar-refractivity contribution in [3.8, 4) is 0 Å². The summed E-state index contributed by atoms with van der Waals surface area (Å²) in [6.45, 7) is 3.74. The minimum absolute atomic E-state index is 0.0353. The lowest BCUT2D eigenvalue weighted by Gasteiger charge is -2.35. The van der Waals surface area contributed by atoms with E-state index in [-0.39, 0.29) is 17.8 Å². The van der Waals surface area contributed by atoms with Gasteiger partial charge in [0.25, 0.3) is 5.91 Å². The van der Waals surface area contributed by atoms with E-state index in [1.165, 1.54) is 6.07 Å². The molecule has 1 amide bonds. The number of anilines is 4. The normalized spacial score (nSPS) is 14.7. The third kappa shape index (κ3) is 5.64. The summed E-state index contributed by atoms with van der Waals surface area (Å²) in [5.74, 6) is 0.796. The molecule has 8 heteroatoms. The van der Waals surface area contributed by atoms with Crippen LogP contribution in [-0.2, 0) is 0 Å². The second-order valence-corrected chi connectivity index (χ2v) is 8.51. The Morgan fingerprint density at radius 3 is 2.45 bits per heavy atom. The highest BCUT2D eigenvalue weighted by molar-refractivity contribution is 5.94. The fraction of sp³-hybridized carbons (Fsp3) is 0.320. The van der Waals surface area contributed by atoms with Gasteiger partial charge >= 0.3 is 0 Å². The van der Waals surface area contributed by atoms with Crippen molar-refractivity contribution in [2.75, 3.05) is 37.8 Å². The van der Waals surface area contributed by atoms with E-state index in [9.17, 15) is 9.18 Å². The number of hydrogen-bond donors (Lipinski definition) is 2. The van der Waals surface area contributed by atoms with Crippen molar-refractivity contribution in [3.63, 3.8) is 0 Å². The molecule has 0 aliphatic carbocycles. The number of benzene rings is 2. The molecule has 33 heavy (non-hydrogen) atoms. The number of carbonyl (C=O) groups is 1. The Balaban J connectivity index is 1.39. The summed E-state index contributed by atoms with van der Waals surface area (Å²) in [4.78, 5) is 25.8. The number of carbonyl (C=O) groups excluding carboxylic acids is 1. The first-order valence-electron chi connectivity index (χ1n) is 11.1.